The Morgan fingerprint density at radius 1 is 1.09 bits per heavy atom. The summed E-state index contributed by atoms with van der Waals surface area (Å²) in [7, 11) is 0. The first-order valence-corrected chi connectivity index (χ1v) is 12.8. The number of allylic oxidation sites excluding steroid dienone is 1. The van der Waals surface area contributed by atoms with E-state index in [1.54, 1.807) is 0 Å². The molecule has 0 amide bonds. The van der Waals surface area contributed by atoms with Crippen LogP contribution in [0, 0.1) is 5.92 Å². The van der Waals surface area contributed by atoms with Gasteiger partial charge in [-0.3, -0.25) is 0 Å². The molecule has 3 aromatic rings. The second-order valence-electron chi connectivity index (χ2n) is 9.19. The summed E-state index contributed by atoms with van der Waals surface area (Å²) in [5.41, 5.74) is 5.24. The molecule has 1 aromatic heterocycles. The van der Waals surface area contributed by atoms with Crippen LogP contribution in [0.2, 0.25) is 0 Å². The van der Waals surface area contributed by atoms with Crippen molar-refractivity contribution in [3.05, 3.63) is 71.2 Å². The molecule has 0 saturated carbocycles. The zero-order chi connectivity index (χ0) is 24.9. The van der Waals surface area contributed by atoms with E-state index in [0.717, 1.165) is 47.5 Å². The summed E-state index contributed by atoms with van der Waals surface area (Å²) in [5, 5.41) is 8.56. The number of rotatable bonds is 9. The maximum atomic E-state index is 5.86. The predicted molar refractivity (Wildman–Crippen MR) is 144 cm³/mol. The minimum atomic E-state index is -0.204. The van der Waals surface area contributed by atoms with Gasteiger partial charge in [-0.15, -0.1) is 0 Å². The van der Waals surface area contributed by atoms with Gasteiger partial charge < -0.3 is 19.5 Å². The van der Waals surface area contributed by atoms with Gasteiger partial charge >= 0.3 is 0 Å². The molecule has 0 spiro atoms. The lowest BCUT2D eigenvalue weighted by Crippen LogP contribution is -2.46. The monoisotopic (exact) mass is 490 g/mol. The topological polar surface area (TPSA) is 63.4 Å². The largest absolute Gasteiger partial charge is 0.494 e. The second-order valence-corrected chi connectivity index (χ2v) is 9.58. The van der Waals surface area contributed by atoms with Crippen molar-refractivity contribution >= 4 is 22.9 Å². The van der Waals surface area contributed by atoms with E-state index in [1.165, 1.54) is 5.56 Å². The molecule has 0 bridgehead atoms. The molecule has 1 aliphatic heterocycles. The van der Waals surface area contributed by atoms with Crippen molar-refractivity contribution in [2.24, 2.45) is 5.92 Å². The number of ether oxygens (including phenoxy) is 1. The summed E-state index contributed by atoms with van der Waals surface area (Å²) >= 11 is 5.80. The van der Waals surface area contributed by atoms with Gasteiger partial charge in [-0.25, -0.2) is 0 Å². The number of benzene rings is 2. The fourth-order valence-electron chi connectivity index (χ4n) is 4.23. The van der Waals surface area contributed by atoms with Crippen LogP contribution in [0.5, 0.6) is 5.75 Å². The minimum absolute atomic E-state index is 0.204. The fraction of sp³-hybridized carbons (Fsp3) is 0.393. The highest BCUT2D eigenvalue weighted by molar-refractivity contribution is 7.80. The molecule has 1 unspecified atom stereocenters. The molecule has 7 heteroatoms. The smallest absolute Gasteiger partial charge is 0.258 e. The van der Waals surface area contributed by atoms with Crippen LogP contribution >= 0.6 is 12.2 Å². The SMILES string of the molecule is CCOc1ccc(C2NC(=S)N(CCC(C)C)C(C)=C2c2nc(-c3ccc(CC)cc3)no2)cc1. The van der Waals surface area contributed by atoms with Crippen LogP contribution < -0.4 is 10.1 Å². The van der Waals surface area contributed by atoms with Crippen molar-refractivity contribution in [2.45, 2.75) is 53.5 Å². The van der Waals surface area contributed by atoms with Crippen LogP contribution in [0.1, 0.15) is 64.1 Å². The molecule has 2 heterocycles. The predicted octanol–water partition coefficient (Wildman–Crippen LogP) is 6.41. The molecular weight excluding hydrogens is 456 g/mol. The van der Waals surface area contributed by atoms with Gasteiger partial charge in [0.15, 0.2) is 5.11 Å². The molecule has 0 radical (unpaired) electrons. The van der Waals surface area contributed by atoms with Gasteiger partial charge in [0.1, 0.15) is 5.75 Å². The summed E-state index contributed by atoms with van der Waals surface area (Å²) in [6.07, 6.45) is 2.02. The van der Waals surface area contributed by atoms with Gasteiger partial charge in [0.05, 0.1) is 18.2 Å². The zero-order valence-electron chi connectivity index (χ0n) is 21.2. The van der Waals surface area contributed by atoms with E-state index in [-0.39, 0.29) is 6.04 Å². The summed E-state index contributed by atoms with van der Waals surface area (Å²) < 4.78 is 11.5. The standard InChI is InChI=1S/C28H34N4O2S/c1-6-20-8-10-22(11-9-20)26-30-27(34-31-26)24-19(5)32(17-16-18(3)4)28(35)29-25(24)21-12-14-23(15-13-21)33-7-2/h8-15,18,25H,6-7,16-17H2,1-5H3,(H,29,35). The Hall–Kier alpha value is -3.19. The number of aryl methyl sites for hydroxylation is 1. The molecule has 1 aliphatic rings. The molecule has 1 atom stereocenters. The number of aromatic nitrogens is 2. The first-order chi connectivity index (χ1) is 16.9. The lowest BCUT2D eigenvalue weighted by molar-refractivity contribution is 0.340. The van der Waals surface area contributed by atoms with Gasteiger partial charge in [-0.1, -0.05) is 62.3 Å². The summed E-state index contributed by atoms with van der Waals surface area (Å²) in [6, 6.07) is 16.2. The summed E-state index contributed by atoms with van der Waals surface area (Å²) in [6.45, 7) is 12.1. The highest BCUT2D eigenvalue weighted by Gasteiger charge is 2.34. The molecule has 35 heavy (non-hydrogen) atoms. The van der Waals surface area contributed by atoms with Crippen molar-refractivity contribution in [2.75, 3.05) is 13.2 Å². The lowest BCUT2D eigenvalue weighted by atomic mass is 9.94. The highest BCUT2D eigenvalue weighted by atomic mass is 32.1. The van der Waals surface area contributed by atoms with E-state index < -0.39 is 0 Å². The normalized spacial score (nSPS) is 16.1. The average Bonchev–Trinajstić information content (AvgIpc) is 3.34. The van der Waals surface area contributed by atoms with Gasteiger partial charge in [-0.05, 0) is 68.1 Å². The highest BCUT2D eigenvalue weighted by Crippen LogP contribution is 2.38. The van der Waals surface area contributed by atoms with E-state index >= 15 is 0 Å². The quantitative estimate of drug-likeness (QED) is 0.348. The molecule has 0 fully saturated rings. The van der Waals surface area contributed by atoms with Crippen LogP contribution in [0.15, 0.2) is 58.8 Å². The lowest BCUT2D eigenvalue weighted by Gasteiger charge is -2.37. The first kappa shape index (κ1) is 24.9. The number of hydrogen-bond acceptors (Lipinski definition) is 5. The van der Waals surface area contributed by atoms with E-state index in [1.807, 2.05) is 31.2 Å². The summed E-state index contributed by atoms with van der Waals surface area (Å²) in [5.74, 6) is 2.49. The molecule has 0 saturated heterocycles. The van der Waals surface area contributed by atoms with Gasteiger partial charge in [0.2, 0.25) is 5.82 Å². The molecule has 4 rings (SSSR count). The second kappa shape index (κ2) is 11.0. The number of thiocarbonyl (C=S) groups is 1. The van der Waals surface area contributed by atoms with Crippen molar-refractivity contribution in [1.82, 2.24) is 20.4 Å². The van der Waals surface area contributed by atoms with Crippen molar-refractivity contribution in [3.8, 4) is 17.1 Å². The Morgan fingerprint density at radius 3 is 2.43 bits per heavy atom. The zero-order valence-corrected chi connectivity index (χ0v) is 22.0. The van der Waals surface area contributed by atoms with Crippen molar-refractivity contribution in [1.29, 1.82) is 0 Å². The Morgan fingerprint density at radius 2 is 1.80 bits per heavy atom. The van der Waals surface area contributed by atoms with Crippen LogP contribution in [-0.4, -0.2) is 33.3 Å². The molecule has 0 aliphatic carbocycles. The Labute approximate surface area is 213 Å². The van der Waals surface area contributed by atoms with Gasteiger partial charge in [0, 0.05) is 17.8 Å². The molecule has 6 nitrogen and oxygen atoms in total. The van der Waals surface area contributed by atoms with Crippen molar-refractivity contribution < 1.29 is 9.26 Å². The number of nitrogens with one attached hydrogen (secondary N) is 1. The van der Waals surface area contributed by atoms with Crippen LogP contribution in [0.4, 0.5) is 0 Å². The number of nitrogens with zero attached hydrogens (tertiary/aromatic N) is 3. The first-order valence-electron chi connectivity index (χ1n) is 12.4. The van der Waals surface area contributed by atoms with Crippen LogP contribution in [-0.2, 0) is 6.42 Å². The van der Waals surface area contributed by atoms with Crippen molar-refractivity contribution in [3.63, 3.8) is 0 Å². The summed E-state index contributed by atoms with van der Waals surface area (Å²) in [4.78, 5) is 6.97. The third-order valence-corrected chi connectivity index (χ3v) is 6.67. The molecule has 2 aromatic carbocycles. The van der Waals surface area contributed by atoms with Gasteiger partial charge in [0.25, 0.3) is 5.89 Å². The maximum Gasteiger partial charge on any atom is 0.258 e. The Bertz CT molecular complexity index is 1180. The van der Waals surface area contributed by atoms with E-state index in [9.17, 15) is 0 Å². The van der Waals surface area contributed by atoms with Crippen LogP contribution in [0.25, 0.3) is 17.0 Å². The maximum absolute atomic E-state index is 5.86. The number of hydrogen-bond donors (Lipinski definition) is 1. The van der Waals surface area contributed by atoms with E-state index in [2.05, 4.69) is 67.3 Å². The Kier molecular flexibility index (Phi) is 7.86. The third-order valence-electron chi connectivity index (χ3n) is 6.33. The Balaban J connectivity index is 1.74. The van der Waals surface area contributed by atoms with E-state index in [4.69, 9.17) is 26.5 Å². The van der Waals surface area contributed by atoms with E-state index in [0.29, 0.717) is 29.4 Å². The third kappa shape index (κ3) is 5.56. The average molecular weight is 491 g/mol. The molecule has 1 N–H and O–H groups in total. The minimum Gasteiger partial charge on any atom is -0.494 e. The fourth-order valence-corrected chi connectivity index (χ4v) is 4.57. The molecular formula is C28H34N4O2S. The van der Waals surface area contributed by atoms with Crippen LogP contribution in [0.3, 0.4) is 0 Å². The van der Waals surface area contributed by atoms with Gasteiger partial charge in [-0.2, -0.15) is 4.98 Å². The molecule has 184 valence electrons.